The average molecular weight is 293 g/mol. The number of carbonyl (C=O) groups excluding carboxylic acids is 1. The lowest BCUT2D eigenvalue weighted by Gasteiger charge is -2.41. The van der Waals surface area contributed by atoms with Crippen LogP contribution in [-0.2, 0) is 9.59 Å². The Morgan fingerprint density at radius 1 is 0.857 bits per heavy atom. The van der Waals surface area contributed by atoms with Crippen molar-refractivity contribution in [2.75, 3.05) is 13.1 Å². The van der Waals surface area contributed by atoms with E-state index in [4.69, 9.17) is 0 Å². The number of rotatable bonds is 2. The van der Waals surface area contributed by atoms with Gasteiger partial charge in [-0.25, -0.2) is 0 Å². The second-order valence-corrected chi connectivity index (χ2v) is 7.37. The van der Waals surface area contributed by atoms with E-state index in [9.17, 15) is 14.7 Å². The van der Waals surface area contributed by atoms with Crippen LogP contribution in [0.25, 0.3) is 0 Å². The molecule has 4 heteroatoms. The molecule has 2 saturated carbocycles. The molecule has 3 fully saturated rings. The van der Waals surface area contributed by atoms with Gasteiger partial charge in [0.25, 0.3) is 0 Å². The number of nitrogens with zero attached hydrogens (tertiary/aromatic N) is 1. The van der Waals surface area contributed by atoms with Crippen molar-refractivity contribution in [2.24, 2.45) is 17.3 Å². The van der Waals surface area contributed by atoms with Gasteiger partial charge in [-0.2, -0.15) is 0 Å². The van der Waals surface area contributed by atoms with Crippen molar-refractivity contribution in [1.82, 2.24) is 4.90 Å². The van der Waals surface area contributed by atoms with E-state index in [2.05, 4.69) is 0 Å². The first kappa shape index (κ1) is 14.9. The van der Waals surface area contributed by atoms with Crippen LogP contribution < -0.4 is 0 Å². The summed E-state index contributed by atoms with van der Waals surface area (Å²) in [6.07, 6.45) is 11.0. The summed E-state index contributed by atoms with van der Waals surface area (Å²) < 4.78 is 0. The number of carboxylic acid groups (broad SMARTS) is 1. The minimum atomic E-state index is -0.780. The van der Waals surface area contributed by atoms with Crippen LogP contribution in [0.1, 0.15) is 64.2 Å². The Bertz CT molecular complexity index is 404. The highest BCUT2D eigenvalue weighted by molar-refractivity contribution is 5.85. The number of carbonyl (C=O) groups is 2. The minimum Gasteiger partial charge on any atom is -0.481 e. The minimum absolute atomic E-state index is 0.120. The first-order chi connectivity index (χ1) is 10.1. The zero-order valence-corrected chi connectivity index (χ0v) is 12.9. The molecule has 0 bridgehead atoms. The molecule has 3 aliphatic rings. The number of likely N-dealkylation sites (tertiary alicyclic amines) is 1. The summed E-state index contributed by atoms with van der Waals surface area (Å²) in [7, 11) is 0. The molecule has 2 atom stereocenters. The number of carboxylic acids is 1. The molecule has 2 unspecified atom stereocenters. The van der Waals surface area contributed by atoms with Crippen LogP contribution in [0.3, 0.4) is 0 Å². The molecule has 0 aromatic heterocycles. The molecule has 1 N–H and O–H groups in total. The Balaban J connectivity index is 1.61. The normalized spacial score (nSPS) is 32.3. The summed E-state index contributed by atoms with van der Waals surface area (Å²) in [6, 6.07) is 0. The third-order valence-corrected chi connectivity index (χ3v) is 6.20. The second kappa shape index (κ2) is 5.98. The van der Waals surface area contributed by atoms with E-state index in [1.807, 2.05) is 4.90 Å². The lowest BCUT2D eigenvalue weighted by molar-refractivity contribution is -0.153. The molecule has 118 valence electrons. The standard InChI is InChI=1S/C17H27NO3/c19-15(13-5-1-2-6-14(13)16(20)21)18-11-9-17(10-12-18)7-3-4-8-17/h13-14H,1-12H2,(H,20,21). The Morgan fingerprint density at radius 3 is 2.00 bits per heavy atom. The van der Waals surface area contributed by atoms with Crippen LogP contribution in [0.5, 0.6) is 0 Å². The van der Waals surface area contributed by atoms with Crippen LogP contribution in [0, 0.1) is 17.3 Å². The summed E-state index contributed by atoms with van der Waals surface area (Å²) in [5.74, 6) is -1.38. The monoisotopic (exact) mass is 293 g/mol. The van der Waals surface area contributed by atoms with Crippen molar-refractivity contribution < 1.29 is 14.7 Å². The summed E-state index contributed by atoms with van der Waals surface area (Å²) in [4.78, 5) is 26.1. The molecule has 4 nitrogen and oxygen atoms in total. The van der Waals surface area contributed by atoms with Crippen LogP contribution in [-0.4, -0.2) is 35.0 Å². The summed E-state index contributed by atoms with van der Waals surface area (Å²) >= 11 is 0. The molecule has 1 amide bonds. The Kier molecular flexibility index (Phi) is 4.23. The molecule has 1 saturated heterocycles. The number of amides is 1. The molecule has 3 rings (SSSR count). The summed E-state index contributed by atoms with van der Waals surface area (Å²) in [5, 5.41) is 9.35. The number of hydrogen-bond acceptors (Lipinski definition) is 2. The maximum atomic E-state index is 12.7. The van der Waals surface area contributed by atoms with E-state index >= 15 is 0 Å². The Hall–Kier alpha value is -1.06. The highest BCUT2D eigenvalue weighted by Crippen LogP contribution is 2.46. The fourth-order valence-corrected chi connectivity index (χ4v) is 4.78. The highest BCUT2D eigenvalue weighted by Gasteiger charge is 2.42. The van der Waals surface area contributed by atoms with Crippen LogP contribution in [0.2, 0.25) is 0 Å². The van der Waals surface area contributed by atoms with Crippen LogP contribution >= 0.6 is 0 Å². The van der Waals surface area contributed by atoms with E-state index in [0.717, 1.165) is 45.2 Å². The van der Waals surface area contributed by atoms with Crippen molar-refractivity contribution in [1.29, 1.82) is 0 Å². The lowest BCUT2D eigenvalue weighted by Crippen LogP contribution is -2.47. The predicted molar refractivity (Wildman–Crippen MR) is 79.8 cm³/mol. The van der Waals surface area contributed by atoms with Crippen LogP contribution in [0.15, 0.2) is 0 Å². The third kappa shape index (κ3) is 2.95. The largest absolute Gasteiger partial charge is 0.481 e. The number of piperidine rings is 1. The van der Waals surface area contributed by atoms with Gasteiger partial charge >= 0.3 is 5.97 Å². The quantitative estimate of drug-likeness (QED) is 0.851. The average Bonchev–Trinajstić information content (AvgIpc) is 2.95. The second-order valence-electron chi connectivity index (χ2n) is 7.37. The van der Waals surface area contributed by atoms with Crippen molar-refractivity contribution >= 4 is 11.9 Å². The smallest absolute Gasteiger partial charge is 0.307 e. The van der Waals surface area contributed by atoms with Gasteiger partial charge in [-0.1, -0.05) is 25.7 Å². The Labute approximate surface area is 126 Å². The molecule has 0 radical (unpaired) electrons. The van der Waals surface area contributed by atoms with Gasteiger partial charge in [0.15, 0.2) is 0 Å². The molecule has 0 aromatic carbocycles. The zero-order chi connectivity index (χ0) is 14.9. The van der Waals surface area contributed by atoms with Crippen molar-refractivity contribution in [3.05, 3.63) is 0 Å². The van der Waals surface area contributed by atoms with Gasteiger partial charge in [-0.3, -0.25) is 9.59 Å². The van der Waals surface area contributed by atoms with Gasteiger partial charge in [0.2, 0.25) is 5.91 Å². The molecular formula is C17H27NO3. The van der Waals surface area contributed by atoms with Gasteiger partial charge in [0, 0.05) is 13.1 Å². The van der Waals surface area contributed by atoms with Gasteiger partial charge in [-0.15, -0.1) is 0 Å². The lowest BCUT2D eigenvalue weighted by atomic mass is 9.75. The van der Waals surface area contributed by atoms with Crippen LogP contribution in [0.4, 0.5) is 0 Å². The highest BCUT2D eigenvalue weighted by atomic mass is 16.4. The number of hydrogen-bond donors (Lipinski definition) is 1. The number of aliphatic carboxylic acids is 1. The zero-order valence-electron chi connectivity index (χ0n) is 12.9. The van der Waals surface area contributed by atoms with Gasteiger partial charge in [0.05, 0.1) is 11.8 Å². The van der Waals surface area contributed by atoms with Gasteiger partial charge in [-0.05, 0) is 43.9 Å². The summed E-state index contributed by atoms with van der Waals surface area (Å²) in [6.45, 7) is 1.70. The molecule has 0 aromatic rings. The molecular weight excluding hydrogens is 266 g/mol. The van der Waals surface area contributed by atoms with Gasteiger partial charge in [0.1, 0.15) is 0 Å². The van der Waals surface area contributed by atoms with E-state index in [-0.39, 0.29) is 11.8 Å². The fourth-order valence-electron chi connectivity index (χ4n) is 4.78. The van der Waals surface area contributed by atoms with E-state index in [0.29, 0.717) is 11.8 Å². The molecule has 1 heterocycles. The SMILES string of the molecule is O=C(O)C1CCCCC1C(=O)N1CCC2(CCCC2)CC1. The maximum Gasteiger partial charge on any atom is 0.307 e. The molecule has 21 heavy (non-hydrogen) atoms. The van der Waals surface area contributed by atoms with E-state index in [1.165, 1.54) is 25.7 Å². The first-order valence-corrected chi connectivity index (χ1v) is 8.63. The maximum absolute atomic E-state index is 12.7. The first-order valence-electron chi connectivity index (χ1n) is 8.63. The fraction of sp³-hybridized carbons (Fsp3) is 0.882. The van der Waals surface area contributed by atoms with Crippen molar-refractivity contribution in [3.63, 3.8) is 0 Å². The third-order valence-electron chi connectivity index (χ3n) is 6.20. The Morgan fingerprint density at radius 2 is 1.43 bits per heavy atom. The van der Waals surface area contributed by atoms with E-state index < -0.39 is 11.9 Å². The summed E-state index contributed by atoms with van der Waals surface area (Å²) in [5.41, 5.74) is 0.509. The van der Waals surface area contributed by atoms with Crippen molar-refractivity contribution in [2.45, 2.75) is 64.2 Å². The van der Waals surface area contributed by atoms with Crippen molar-refractivity contribution in [3.8, 4) is 0 Å². The molecule has 1 aliphatic heterocycles. The molecule has 2 aliphatic carbocycles. The predicted octanol–water partition coefficient (Wildman–Crippen LogP) is 3.06. The van der Waals surface area contributed by atoms with E-state index in [1.54, 1.807) is 0 Å². The molecule has 1 spiro atoms. The topological polar surface area (TPSA) is 57.6 Å². The van der Waals surface area contributed by atoms with Gasteiger partial charge < -0.3 is 10.0 Å².